The number of benzene rings is 1. The van der Waals surface area contributed by atoms with Gasteiger partial charge in [0.25, 0.3) is 0 Å². The number of aryl methyl sites for hydroxylation is 1. The molecule has 1 aromatic carbocycles. The fourth-order valence-corrected chi connectivity index (χ4v) is 3.43. The Kier molecular flexibility index (Phi) is 4.75. The normalized spacial score (nSPS) is 12.3. The number of rotatable bonds is 5. The highest BCUT2D eigenvalue weighted by atomic mass is 32.2. The van der Waals surface area contributed by atoms with Gasteiger partial charge in [0.05, 0.1) is 18.7 Å². The summed E-state index contributed by atoms with van der Waals surface area (Å²) < 4.78 is 19.6. The minimum Gasteiger partial charge on any atom is -0.468 e. The van der Waals surface area contributed by atoms with E-state index >= 15 is 0 Å². The molecular formula is C16H15FN4O2S. The second-order valence-electron chi connectivity index (χ2n) is 5.14. The average molecular weight is 346 g/mol. The molecule has 6 nitrogen and oxygen atoms in total. The standard InChI is InChI=1S/C16H15FN4O2S/c1-21-14-12(8-20-21)15(19-9-18-14)24-13(16(22)23-2)7-10-3-5-11(17)6-4-10/h3-6,8-9,13H,7H2,1-2H3. The highest BCUT2D eigenvalue weighted by Gasteiger charge is 2.23. The first kappa shape index (κ1) is 16.4. The number of methoxy groups -OCH3 is 1. The molecule has 3 aromatic rings. The molecule has 0 radical (unpaired) electrons. The maximum atomic E-state index is 13.0. The van der Waals surface area contributed by atoms with Crippen LogP contribution in [-0.4, -0.2) is 38.1 Å². The lowest BCUT2D eigenvalue weighted by molar-refractivity contribution is -0.139. The Hall–Kier alpha value is -2.48. The van der Waals surface area contributed by atoms with Crippen LogP contribution in [0, 0.1) is 5.82 Å². The van der Waals surface area contributed by atoms with Crippen molar-refractivity contribution in [3.05, 3.63) is 48.2 Å². The van der Waals surface area contributed by atoms with Crippen LogP contribution in [0.2, 0.25) is 0 Å². The molecule has 0 saturated carbocycles. The lowest BCUT2D eigenvalue weighted by Gasteiger charge is -2.14. The van der Waals surface area contributed by atoms with E-state index in [9.17, 15) is 9.18 Å². The van der Waals surface area contributed by atoms with Crippen LogP contribution in [0.3, 0.4) is 0 Å². The van der Waals surface area contributed by atoms with Crippen LogP contribution >= 0.6 is 11.8 Å². The molecule has 0 aliphatic rings. The van der Waals surface area contributed by atoms with Gasteiger partial charge in [-0.15, -0.1) is 0 Å². The summed E-state index contributed by atoms with van der Waals surface area (Å²) >= 11 is 1.29. The van der Waals surface area contributed by atoms with Crippen LogP contribution in [0.15, 0.2) is 41.8 Å². The van der Waals surface area contributed by atoms with Crippen molar-refractivity contribution in [1.29, 1.82) is 0 Å². The van der Waals surface area contributed by atoms with Crippen molar-refractivity contribution in [3.8, 4) is 0 Å². The van der Waals surface area contributed by atoms with E-state index in [1.54, 1.807) is 30.1 Å². The van der Waals surface area contributed by atoms with Gasteiger partial charge in [-0.2, -0.15) is 5.10 Å². The first-order valence-corrected chi connectivity index (χ1v) is 8.08. The van der Waals surface area contributed by atoms with Gasteiger partial charge in [0, 0.05) is 7.05 Å². The number of aromatic nitrogens is 4. The lowest BCUT2D eigenvalue weighted by atomic mass is 10.1. The minimum absolute atomic E-state index is 0.311. The summed E-state index contributed by atoms with van der Waals surface area (Å²) in [6.07, 6.45) is 3.52. The summed E-state index contributed by atoms with van der Waals surface area (Å²) in [5.74, 6) is -0.672. The van der Waals surface area contributed by atoms with Gasteiger partial charge in [-0.3, -0.25) is 9.48 Å². The number of ether oxygens (including phenoxy) is 1. The fourth-order valence-electron chi connectivity index (χ4n) is 2.31. The number of fused-ring (bicyclic) bond motifs is 1. The predicted octanol–water partition coefficient (Wildman–Crippen LogP) is 2.38. The van der Waals surface area contributed by atoms with Crippen molar-refractivity contribution in [2.24, 2.45) is 7.05 Å². The van der Waals surface area contributed by atoms with E-state index in [0.717, 1.165) is 10.9 Å². The van der Waals surface area contributed by atoms with E-state index in [2.05, 4.69) is 15.1 Å². The minimum atomic E-state index is -0.501. The number of halogens is 1. The van der Waals surface area contributed by atoms with E-state index in [4.69, 9.17) is 4.74 Å². The lowest BCUT2D eigenvalue weighted by Crippen LogP contribution is -2.21. The van der Waals surface area contributed by atoms with Crippen molar-refractivity contribution < 1.29 is 13.9 Å². The van der Waals surface area contributed by atoms with Crippen molar-refractivity contribution >= 4 is 28.8 Å². The molecule has 2 heterocycles. The van der Waals surface area contributed by atoms with E-state index in [-0.39, 0.29) is 11.8 Å². The molecule has 1 atom stereocenters. The second-order valence-corrected chi connectivity index (χ2v) is 6.34. The van der Waals surface area contributed by atoms with Gasteiger partial charge >= 0.3 is 5.97 Å². The van der Waals surface area contributed by atoms with Gasteiger partial charge in [-0.1, -0.05) is 23.9 Å². The van der Waals surface area contributed by atoms with Crippen molar-refractivity contribution in [2.45, 2.75) is 16.7 Å². The van der Waals surface area contributed by atoms with Gasteiger partial charge in [0.1, 0.15) is 22.4 Å². The van der Waals surface area contributed by atoms with E-state index in [0.29, 0.717) is 17.1 Å². The molecule has 124 valence electrons. The third-order valence-corrected chi connectivity index (χ3v) is 4.74. The summed E-state index contributed by atoms with van der Waals surface area (Å²) in [5.41, 5.74) is 1.54. The summed E-state index contributed by atoms with van der Waals surface area (Å²) in [7, 11) is 3.14. The molecule has 0 bridgehead atoms. The van der Waals surface area contributed by atoms with Crippen molar-refractivity contribution in [2.75, 3.05) is 7.11 Å². The molecule has 0 aliphatic heterocycles. The Morgan fingerprint density at radius 2 is 2.08 bits per heavy atom. The van der Waals surface area contributed by atoms with Gasteiger partial charge < -0.3 is 4.74 Å². The highest BCUT2D eigenvalue weighted by molar-refractivity contribution is 8.00. The van der Waals surface area contributed by atoms with E-state index in [1.807, 2.05) is 0 Å². The molecule has 0 aliphatic carbocycles. The Labute approximate surface area is 142 Å². The zero-order valence-corrected chi connectivity index (χ0v) is 14.0. The summed E-state index contributed by atoms with van der Waals surface area (Å²) in [6, 6.07) is 6.06. The number of esters is 1. The third kappa shape index (κ3) is 3.38. The van der Waals surface area contributed by atoms with Crippen molar-refractivity contribution in [3.63, 3.8) is 0 Å². The monoisotopic (exact) mass is 346 g/mol. The van der Waals surface area contributed by atoms with Crippen molar-refractivity contribution in [1.82, 2.24) is 19.7 Å². The van der Waals surface area contributed by atoms with Crippen LogP contribution in [0.4, 0.5) is 4.39 Å². The maximum Gasteiger partial charge on any atom is 0.319 e. The topological polar surface area (TPSA) is 69.9 Å². The number of carbonyl (C=O) groups is 1. The van der Waals surface area contributed by atoms with Gasteiger partial charge in [-0.05, 0) is 24.1 Å². The first-order chi connectivity index (χ1) is 11.6. The molecule has 0 saturated heterocycles. The van der Waals surface area contributed by atoms with Crippen LogP contribution in [0.1, 0.15) is 5.56 Å². The molecule has 0 spiro atoms. The van der Waals surface area contributed by atoms with Crippen LogP contribution < -0.4 is 0 Å². The molecule has 1 unspecified atom stereocenters. The predicted molar refractivity (Wildman–Crippen MR) is 88.1 cm³/mol. The summed E-state index contributed by atoms with van der Waals surface area (Å²) in [5, 5.41) is 5.10. The molecule has 2 aromatic heterocycles. The molecule has 0 amide bonds. The number of carbonyl (C=O) groups excluding carboxylic acids is 1. The summed E-state index contributed by atoms with van der Waals surface area (Å²) in [6.45, 7) is 0. The zero-order chi connectivity index (χ0) is 17.1. The second kappa shape index (κ2) is 6.96. The van der Waals surface area contributed by atoms with Crippen LogP contribution in [-0.2, 0) is 23.0 Å². The Morgan fingerprint density at radius 3 is 2.79 bits per heavy atom. The smallest absolute Gasteiger partial charge is 0.319 e. The van der Waals surface area contributed by atoms with Crippen LogP contribution in [0.5, 0.6) is 0 Å². The Balaban J connectivity index is 1.88. The molecule has 24 heavy (non-hydrogen) atoms. The fraction of sp³-hybridized carbons (Fsp3) is 0.250. The Morgan fingerprint density at radius 1 is 1.33 bits per heavy atom. The SMILES string of the molecule is COC(=O)C(Cc1ccc(F)cc1)Sc1ncnc2c1cnn2C. The van der Waals surface area contributed by atoms with Gasteiger partial charge in [0.15, 0.2) is 5.65 Å². The van der Waals surface area contributed by atoms with E-state index < -0.39 is 5.25 Å². The quantitative estimate of drug-likeness (QED) is 0.401. The molecule has 3 rings (SSSR count). The summed E-state index contributed by atoms with van der Waals surface area (Å²) in [4.78, 5) is 20.6. The van der Waals surface area contributed by atoms with Gasteiger partial charge in [0.2, 0.25) is 0 Å². The number of hydrogen-bond acceptors (Lipinski definition) is 6. The highest BCUT2D eigenvalue weighted by Crippen LogP contribution is 2.30. The first-order valence-electron chi connectivity index (χ1n) is 7.20. The number of hydrogen-bond donors (Lipinski definition) is 0. The average Bonchev–Trinajstić information content (AvgIpc) is 2.98. The largest absolute Gasteiger partial charge is 0.468 e. The number of nitrogens with zero attached hydrogens (tertiary/aromatic N) is 4. The molecule has 0 fully saturated rings. The van der Waals surface area contributed by atoms with Crippen LogP contribution in [0.25, 0.3) is 11.0 Å². The van der Waals surface area contributed by atoms with E-state index in [1.165, 1.54) is 37.3 Å². The molecule has 8 heteroatoms. The number of thioether (sulfide) groups is 1. The molecule has 0 N–H and O–H groups in total. The zero-order valence-electron chi connectivity index (χ0n) is 13.1. The third-order valence-electron chi connectivity index (χ3n) is 3.55. The molecular weight excluding hydrogens is 331 g/mol. The maximum absolute atomic E-state index is 13.0. The van der Waals surface area contributed by atoms with Gasteiger partial charge in [-0.25, -0.2) is 14.4 Å². The Bertz CT molecular complexity index is 866.